The van der Waals surface area contributed by atoms with Crippen molar-refractivity contribution in [3.05, 3.63) is 23.5 Å². The van der Waals surface area contributed by atoms with E-state index in [0.29, 0.717) is 0 Å². The van der Waals surface area contributed by atoms with Gasteiger partial charge in [-0.2, -0.15) is 4.72 Å². The third-order valence-corrected chi connectivity index (χ3v) is 3.41. The van der Waals surface area contributed by atoms with Gasteiger partial charge in [-0.25, -0.2) is 8.42 Å². The van der Waals surface area contributed by atoms with Crippen molar-refractivity contribution in [3.63, 3.8) is 0 Å². The van der Waals surface area contributed by atoms with E-state index in [2.05, 4.69) is 4.98 Å². The highest BCUT2D eigenvalue weighted by molar-refractivity contribution is 7.89. The minimum Gasteiger partial charge on any atom is -0.480 e. The summed E-state index contributed by atoms with van der Waals surface area (Å²) in [4.78, 5) is 13.9. The third kappa shape index (κ3) is 3.16. The number of halogens is 1. The van der Waals surface area contributed by atoms with Crippen molar-refractivity contribution < 1.29 is 18.3 Å². The van der Waals surface area contributed by atoms with Crippen LogP contribution in [0.5, 0.6) is 0 Å². The van der Waals surface area contributed by atoms with Crippen molar-refractivity contribution in [2.75, 3.05) is 0 Å². The molecular formula is C8H9ClN2O4S. The average Bonchev–Trinajstić information content (AvgIpc) is 2.17. The highest BCUT2D eigenvalue weighted by Crippen LogP contribution is 2.13. The maximum absolute atomic E-state index is 11.6. The first kappa shape index (κ1) is 12.9. The maximum atomic E-state index is 11.6. The van der Waals surface area contributed by atoms with Gasteiger partial charge in [0.25, 0.3) is 0 Å². The van der Waals surface area contributed by atoms with E-state index >= 15 is 0 Å². The Balaban J connectivity index is 2.99. The maximum Gasteiger partial charge on any atom is 0.321 e. The Labute approximate surface area is 97.3 Å². The fourth-order valence-electron chi connectivity index (χ4n) is 0.891. The van der Waals surface area contributed by atoms with E-state index in [1.807, 2.05) is 4.72 Å². The molecule has 16 heavy (non-hydrogen) atoms. The summed E-state index contributed by atoms with van der Waals surface area (Å²) in [5.41, 5.74) is 0. The second-order valence-electron chi connectivity index (χ2n) is 3.02. The molecule has 2 N–H and O–H groups in total. The van der Waals surface area contributed by atoms with Crippen LogP contribution < -0.4 is 4.72 Å². The molecule has 0 radical (unpaired) electrons. The molecule has 0 aliphatic rings. The normalized spacial score (nSPS) is 13.4. The number of carboxylic acids is 1. The summed E-state index contributed by atoms with van der Waals surface area (Å²) in [5, 5.41) is 8.74. The van der Waals surface area contributed by atoms with Gasteiger partial charge in [0.2, 0.25) is 10.0 Å². The van der Waals surface area contributed by atoms with Gasteiger partial charge in [-0.1, -0.05) is 11.6 Å². The molecule has 0 aromatic carbocycles. The molecule has 0 unspecified atom stereocenters. The van der Waals surface area contributed by atoms with Crippen LogP contribution >= 0.6 is 11.6 Å². The topological polar surface area (TPSA) is 96.4 Å². The average molecular weight is 265 g/mol. The van der Waals surface area contributed by atoms with Crippen LogP contribution in [0.4, 0.5) is 0 Å². The first-order valence-electron chi connectivity index (χ1n) is 4.18. The fourth-order valence-corrected chi connectivity index (χ4v) is 2.31. The predicted octanol–water partition coefficient (Wildman–Crippen LogP) is 0.486. The van der Waals surface area contributed by atoms with Crippen LogP contribution in [0.2, 0.25) is 5.02 Å². The monoisotopic (exact) mass is 264 g/mol. The highest BCUT2D eigenvalue weighted by atomic mass is 35.5. The Morgan fingerprint density at radius 2 is 2.19 bits per heavy atom. The first-order valence-corrected chi connectivity index (χ1v) is 6.05. The van der Waals surface area contributed by atoms with Gasteiger partial charge in [-0.3, -0.25) is 9.78 Å². The SMILES string of the molecule is C[C@@H](NS(=O)(=O)c1cncc(Cl)c1)C(=O)O. The Morgan fingerprint density at radius 3 is 2.69 bits per heavy atom. The quantitative estimate of drug-likeness (QED) is 0.825. The van der Waals surface area contributed by atoms with E-state index in [0.717, 1.165) is 6.20 Å². The number of aliphatic carboxylic acids is 1. The van der Waals surface area contributed by atoms with Crippen molar-refractivity contribution in [1.82, 2.24) is 9.71 Å². The molecule has 0 fully saturated rings. The van der Waals surface area contributed by atoms with Crippen LogP contribution in [-0.2, 0) is 14.8 Å². The van der Waals surface area contributed by atoms with E-state index in [4.69, 9.17) is 16.7 Å². The van der Waals surface area contributed by atoms with E-state index in [1.54, 1.807) is 0 Å². The zero-order valence-corrected chi connectivity index (χ0v) is 9.79. The lowest BCUT2D eigenvalue weighted by molar-refractivity contribution is -0.138. The molecule has 6 nitrogen and oxygen atoms in total. The summed E-state index contributed by atoms with van der Waals surface area (Å²) in [5.74, 6) is -1.27. The van der Waals surface area contributed by atoms with Gasteiger partial charge in [0.05, 0.1) is 5.02 Å². The van der Waals surface area contributed by atoms with Gasteiger partial charge in [0.1, 0.15) is 10.9 Å². The summed E-state index contributed by atoms with van der Waals surface area (Å²) in [6, 6.07) is -0.0326. The fraction of sp³-hybridized carbons (Fsp3) is 0.250. The molecule has 0 aliphatic heterocycles. The standard InChI is InChI=1S/C8H9ClN2O4S/c1-5(8(12)13)11-16(14,15)7-2-6(9)3-10-4-7/h2-5,11H,1H3,(H,12,13)/t5-/m1/s1. The van der Waals surface area contributed by atoms with Crippen molar-refractivity contribution >= 4 is 27.6 Å². The molecule has 0 saturated heterocycles. The number of nitrogens with one attached hydrogen (secondary N) is 1. The zero-order chi connectivity index (χ0) is 12.3. The molecule has 0 spiro atoms. The highest BCUT2D eigenvalue weighted by Gasteiger charge is 2.21. The van der Waals surface area contributed by atoms with Crippen LogP contribution in [-0.4, -0.2) is 30.5 Å². The minimum absolute atomic E-state index is 0.158. The summed E-state index contributed by atoms with van der Waals surface area (Å²) < 4.78 is 25.2. The molecule has 1 aromatic rings. The molecule has 0 saturated carbocycles. The zero-order valence-electron chi connectivity index (χ0n) is 8.21. The first-order chi connectivity index (χ1) is 7.33. The number of carbonyl (C=O) groups is 1. The van der Waals surface area contributed by atoms with E-state index in [-0.39, 0.29) is 9.92 Å². The lowest BCUT2D eigenvalue weighted by atomic mass is 10.4. The lowest BCUT2D eigenvalue weighted by Crippen LogP contribution is -2.38. The van der Waals surface area contributed by atoms with Crippen LogP contribution in [0.1, 0.15) is 6.92 Å². The van der Waals surface area contributed by atoms with Gasteiger partial charge < -0.3 is 5.11 Å². The molecule has 1 aromatic heterocycles. The molecule has 0 amide bonds. The van der Waals surface area contributed by atoms with Crippen LogP contribution in [0.15, 0.2) is 23.4 Å². The Morgan fingerprint density at radius 1 is 1.56 bits per heavy atom. The van der Waals surface area contributed by atoms with E-state index < -0.39 is 22.0 Å². The molecule has 8 heteroatoms. The molecule has 1 rings (SSSR count). The van der Waals surface area contributed by atoms with Crippen molar-refractivity contribution in [3.8, 4) is 0 Å². The Bertz CT molecular complexity index is 503. The Hall–Kier alpha value is -1.18. The van der Waals surface area contributed by atoms with Crippen molar-refractivity contribution in [2.24, 2.45) is 0 Å². The number of rotatable bonds is 4. The summed E-state index contributed by atoms with van der Waals surface area (Å²) in [6.07, 6.45) is 2.37. The van der Waals surface area contributed by atoms with Gasteiger partial charge in [0.15, 0.2) is 0 Å². The van der Waals surface area contributed by atoms with E-state index in [1.165, 1.54) is 19.2 Å². The lowest BCUT2D eigenvalue weighted by Gasteiger charge is -2.09. The number of sulfonamides is 1. The Kier molecular flexibility index (Phi) is 3.84. The number of pyridine rings is 1. The molecular weight excluding hydrogens is 256 g/mol. The number of hydrogen-bond acceptors (Lipinski definition) is 4. The molecule has 0 bridgehead atoms. The predicted molar refractivity (Wildman–Crippen MR) is 56.7 cm³/mol. The van der Waals surface area contributed by atoms with Crippen molar-refractivity contribution in [2.45, 2.75) is 17.9 Å². The molecule has 88 valence electrons. The number of nitrogens with zero attached hydrogens (tertiary/aromatic N) is 1. The van der Waals surface area contributed by atoms with Gasteiger partial charge in [0, 0.05) is 12.4 Å². The van der Waals surface area contributed by atoms with E-state index in [9.17, 15) is 13.2 Å². The van der Waals surface area contributed by atoms with Gasteiger partial charge in [-0.15, -0.1) is 0 Å². The number of aromatic nitrogens is 1. The summed E-state index contributed by atoms with van der Waals surface area (Å²) in [6.45, 7) is 1.22. The van der Waals surface area contributed by atoms with Gasteiger partial charge >= 0.3 is 5.97 Å². The molecule has 0 aliphatic carbocycles. The number of carboxylic acid groups (broad SMARTS) is 1. The summed E-state index contributed by atoms with van der Waals surface area (Å²) in [7, 11) is -3.90. The van der Waals surface area contributed by atoms with Crippen LogP contribution in [0.3, 0.4) is 0 Å². The summed E-state index contributed by atoms with van der Waals surface area (Å²) >= 11 is 5.58. The van der Waals surface area contributed by atoms with Crippen molar-refractivity contribution in [1.29, 1.82) is 0 Å². The third-order valence-electron chi connectivity index (χ3n) is 1.69. The van der Waals surface area contributed by atoms with Gasteiger partial charge in [-0.05, 0) is 13.0 Å². The largest absolute Gasteiger partial charge is 0.480 e. The van der Waals surface area contributed by atoms with Crippen LogP contribution in [0.25, 0.3) is 0 Å². The molecule has 1 atom stereocenters. The molecule has 1 heterocycles. The van der Waals surface area contributed by atoms with Crippen LogP contribution in [0, 0.1) is 0 Å². The number of hydrogen-bond donors (Lipinski definition) is 2. The second kappa shape index (κ2) is 4.77. The second-order valence-corrected chi connectivity index (χ2v) is 5.17. The smallest absolute Gasteiger partial charge is 0.321 e. The minimum atomic E-state index is -3.90.